The zero-order chi connectivity index (χ0) is 14.1. The van der Waals surface area contributed by atoms with Gasteiger partial charge in [-0.1, -0.05) is 38.1 Å². The van der Waals surface area contributed by atoms with Crippen LogP contribution in [0.2, 0.25) is 0 Å². The molecule has 1 amide bonds. The predicted molar refractivity (Wildman–Crippen MR) is 83.9 cm³/mol. The van der Waals surface area contributed by atoms with E-state index >= 15 is 0 Å². The van der Waals surface area contributed by atoms with Gasteiger partial charge < -0.3 is 10.2 Å². The highest BCUT2D eigenvalue weighted by molar-refractivity contribution is 8.00. The van der Waals surface area contributed by atoms with E-state index in [2.05, 4.69) is 48.3 Å². The molecule has 0 spiro atoms. The standard InChI is InChI=1S/C16H22N2OS/c1-11-9-18(10-12(2)20-11)16(19)15-7-13-5-3-4-6-14(13)8-17-15/h3-6,11-12,15,17H,7-10H2,1-2H3. The summed E-state index contributed by atoms with van der Waals surface area (Å²) in [6.07, 6.45) is 0.821. The first-order valence-corrected chi connectivity index (χ1v) is 8.32. The van der Waals surface area contributed by atoms with Gasteiger partial charge in [0.05, 0.1) is 6.04 Å². The first-order valence-electron chi connectivity index (χ1n) is 7.38. The molecule has 1 N–H and O–H groups in total. The number of rotatable bonds is 1. The monoisotopic (exact) mass is 290 g/mol. The van der Waals surface area contributed by atoms with Gasteiger partial charge in [-0.05, 0) is 17.5 Å². The summed E-state index contributed by atoms with van der Waals surface area (Å²) in [5.41, 5.74) is 2.64. The maximum atomic E-state index is 12.7. The molecule has 3 rings (SSSR count). The molecule has 3 nitrogen and oxygen atoms in total. The number of carbonyl (C=O) groups is 1. The van der Waals surface area contributed by atoms with Crippen molar-refractivity contribution >= 4 is 17.7 Å². The van der Waals surface area contributed by atoms with Crippen molar-refractivity contribution in [3.05, 3.63) is 35.4 Å². The van der Waals surface area contributed by atoms with Crippen LogP contribution in [0.25, 0.3) is 0 Å². The van der Waals surface area contributed by atoms with Gasteiger partial charge in [0.25, 0.3) is 0 Å². The Morgan fingerprint density at radius 3 is 2.55 bits per heavy atom. The molecule has 3 unspecified atom stereocenters. The maximum absolute atomic E-state index is 12.7. The second-order valence-electron chi connectivity index (χ2n) is 5.91. The van der Waals surface area contributed by atoms with E-state index in [1.54, 1.807) is 0 Å². The van der Waals surface area contributed by atoms with Crippen LogP contribution in [-0.2, 0) is 17.8 Å². The van der Waals surface area contributed by atoms with Crippen molar-refractivity contribution in [2.24, 2.45) is 0 Å². The number of fused-ring (bicyclic) bond motifs is 1. The van der Waals surface area contributed by atoms with Gasteiger partial charge in [-0.25, -0.2) is 0 Å². The maximum Gasteiger partial charge on any atom is 0.240 e. The molecule has 0 aromatic heterocycles. The summed E-state index contributed by atoms with van der Waals surface area (Å²) in [4.78, 5) is 14.8. The normalized spacial score (nSPS) is 29.9. The number of hydrogen-bond acceptors (Lipinski definition) is 3. The van der Waals surface area contributed by atoms with E-state index in [0.29, 0.717) is 10.5 Å². The van der Waals surface area contributed by atoms with E-state index in [1.807, 2.05) is 11.8 Å². The zero-order valence-corrected chi connectivity index (χ0v) is 13.0. The smallest absolute Gasteiger partial charge is 0.240 e. The van der Waals surface area contributed by atoms with E-state index in [-0.39, 0.29) is 11.9 Å². The van der Waals surface area contributed by atoms with Gasteiger partial charge in [0.1, 0.15) is 0 Å². The summed E-state index contributed by atoms with van der Waals surface area (Å²) in [6, 6.07) is 8.37. The van der Waals surface area contributed by atoms with Crippen LogP contribution in [-0.4, -0.2) is 40.4 Å². The van der Waals surface area contributed by atoms with Gasteiger partial charge in [0.15, 0.2) is 0 Å². The molecule has 0 bridgehead atoms. The van der Waals surface area contributed by atoms with Crippen LogP contribution in [0.15, 0.2) is 24.3 Å². The third-order valence-electron chi connectivity index (χ3n) is 4.11. The summed E-state index contributed by atoms with van der Waals surface area (Å²) in [5, 5.41) is 4.48. The van der Waals surface area contributed by atoms with Crippen molar-refractivity contribution < 1.29 is 4.79 Å². The predicted octanol–water partition coefficient (Wildman–Crippen LogP) is 2.05. The van der Waals surface area contributed by atoms with Crippen molar-refractivity contribution in [2.75, 3.05) is 13.1 Å². The second kappa shape index (κ2) is 5.78. The zero-order valence-electron chi connectivity index (χ0n) is 12.1. The minimum Gasteiger partial charge on any atom is -0.339 e. The third-order valence-corrected chi connectivity index (χ3v) is 5.34. The molecule has 1 aromatic carbocycles. The van der Waals surface area contributed by atoms with Gasteiger partial charge >= 0.3 is 0 Å². The molecular weight excluding hydrogens is 268 g/mol. The highest BCUT2D eigenvalue weighted by atomic mass is 32.2. The van der Waals surface area contributed by atoms with Gasteiger partial charge in [-0.3, -0.25) is 4.79 Å². The van der Waals surface area contributed by atoms with Gasteiger partial charge in [-0.2, -0.15) is 11.8 Å². The Morgan fingerprint density at radius 2 is 1.85 bits per heavy atom. The van der Waals surface area contributed by atoms with Crippen LogP contribution in [0.1, 0.15) is 25.0 Å². The van der Waals surface area contributed by atoms with Crippen LogP contribution in [0, 0.1) is 0 Å². The second-order valence-corrected chi connectivity index (χ2v) is 7.79. The van der Waals surface area contributed by atoms with Crippen molar-refractivity contribution in [3.63, 3.8) is 0 Å². The topological polar surface area (TPSA) is 32.3 Å². The lowest BCUT2D eigenvalue weighted by Crippen LogP contribution is -2.53. The molecule has 0 saturated carbocycles. The third kappa shape index (κ3) is 2.86. The van der Waals surface area contributed by atoms with E-state index in [1.165, 1.54) is 11.1 Å². The number of amides is 1. The quantitative estimate of drug-likeness (QED) is 0.859. The molecule has 2 aliphatic heterocycles. The molecule has 1 fully saturated rings. The molecule has 0 radical (unpaired) electrons. The fraction of sp³-hybridized carbons (Fsp3) is 0.562. The average molecular weight is 290 g/mol. The van der Waals surface area contributed by atoms with Crippen molar-refractivity contribution in [1.29, 1.82) is 0 Å². The molecule has 3 atom stereocenters. The van der Waals surface area contributed by atoms with Crippen LogP contribution in [0.5, 0.6) is 0 Å². The van der Waals surface area contributed by atoms with E-state index in [4.69, 9.17) is 0 Å². The van der Waals surface area contributed by atoms with Gasteiger partial charge in [-0.15, -0.1) is 0 Å². The summed E-state index contributed by atoms with van der Waals surface area (Å²) in [6.45, 7) is 7.00. The molecular formula is C16H22N2OS. The highest BCUT2D eigenvalue weighted by Crippen LogP contribution is 2.26. The lowest BCUT2D eigenvalue weighted by molar-refractivity contribution is -0.133. The Balaban J connectivity index is 1.69. The molecule has 4 heteroatoms. The molecule has 2 aliphatic rings. The fourth-order valence-electron chi connectivity index (χ4n) is 3.21. The summed E-state index contributed by atoms with van der Waals surface area (Å²) >= 11 is 1.98. The van der Waals surface area contributed by atoms with Crippen LogP contribution >= 0.6 is 11.8 Å². The minimum atomic E-state index is -0.0487. The minimum absolute atomic E-state index is 0.0487. The summed E-state index contributed by atoms with van der Waals surface area (Å²) in [7, 11) is 0. The number of benzene rings is 1. The summed E-state index contributed by atoms with van der Waals surface area (Å²) < 4.78 is 0. The first kappa shape index (κ1) is 14.0. The average Bonchev–Trinajstić information content (AvgIpc) is 2.45. The largest absolute Gasteiger partial charge is 0.339 e. The number of hydrogen-bond donors (Lipinski definition) is 1. The Hall–Kier alpha value is -1.00. The van der Waals surface area contributed by atoms with Crippen LogP contribution in [0.4, 0.5) is 0 Å². The van der Waals surface area contributed by atoms with E-state index in [0.717, 1.165) is 26.1 Å². The van der Waals surface area contributed by atoms with Gasteiger partial charge in [0.2, 0.25) is 5.91 Å². The molecule has 2 heterocycles. The van der Waals surface area contributed by atoms with Crippen LogP contribution in [0.3, 0.4) is 0 Å². The summed E-state index contributed by atoms with van der Waals surface area (Å²) in [5.74, 6) is 0.276. The SMILES string of the molecule is CC1CN(C(=O)C2Cc3ccccc3CN2)CC(C)S1. The van der Waals surface area contributed by atoms with Crippen molar-refractivity contribution in [2.45, 2.75) is 43.4 Å². The molecule has 1 saturated heterocycles. The van der Waals surface area contributed by atoms with Gasteiger partial charge in [0, 0.05) is 30.1 Å². The Kier molecular flexibility index (Phi) is 4.03. The molecule has 1 aromatic rings. The van der Waals surface area contributed by atoms with Crippen LogP contribution < -0.4 is 5.32 Å². The Labute approximate surface area is 125 Å². The van der Waals surface area contributed by atoms with E-state index in [9.17, 15) is 4.79 Å². The fourth-order valence-corrected chi connectivity index (χ4v) is 4.53. The molecule has 108 valence electrons. The Morgan fingerprint density at radius 1 is 1.20 bits per heavy atom. The number of thioether (sulfide) groups is 1. The van der Waals surface area contributed by atoms with Crippen molar-refractivity contribution in [3.8, 4) is 0 Å². The lowest BCUT2D eigenvalue weighted by atomic mass is 9.95. The highest BCUT2D eigenvalue weighted by Gasteiger charge is 2.32. The number of nitrogens with one attached hydrogen (secondary N) is 1. The lowest BCUT2D eigenvalue weighted by Gasteiger charge is -2.37. The number of carbonyl (C=O) groups excluding carboxylic acids is 1. The van der Waals surface area contributed by atoms with E-state index < -0.39 is 0 Å². The molecule has 0 aliphatic carbocycles. The van der Waals surface area contributed by atoms with Crippen molar-refractivity contribution in [1.82, 2.24) is 10.2 Å². The molecule has 20 heavy (non-hydrogen) atoms. The first-order chi connectivity index (χ1) is 9.63. The Bertz CT molecular complexity index is 495. The number of nitrogens with zero attached hydrogens (tertiary/aromatic N) is 1.